The van der Waals surface area contributed by atoms with E-state index < -0.39 is 0 Å². The Morgan fingerprint density at radius 3 is 3.27 bits per heavy atom. The van der Waals surface area contributed by atoms with Gasteiger partial charge in [-0.2, -0.15) is 0 Å². The summed E-state index contributed by atoms with van der Waals surface area (Å²) in [7, 11) is 0. The monoisotopic (exact) mass is 147 g/mol. The first kappa shape index (κ1) is 6.40. The molecule has 0 unspecified atom stereocenters. The van der Waals surface area contributed by atoms with Crippen molar-refractivity contribution < 1.29 is 9.53 Å². The molecule has 0 atom stereocenters. The summed E-state index contributed by atoms with van der Waals surface area (Å²) in [6.07, 6.45) is 0.829. The van der Waals surface area contributed by atoms with Crippen LogP contribution < -0.4 is 0 Å². The largest absolute Gasteiger partial charge is 0.462 e. The van der Waals surface area contributed by atoms with Crippen LogP contribution in [0.3, 0.4) is 0 Å². The highest BCUT2D eigenvalue weighted by Crippen LogP contribution is 2.14. The van der Waals surface area contributed by atoms with E-state index in [0.29, 0.717) is 12.2 Å². The average molecular weight is 147 g/mol. The Kier molecular flexibility index (Phi) is 1.39. The topological polar surface area (TPSA) is 26.3 Å². The van der Waals surface area contributed by atoms with Crippen molar-refractivity contribution in [3.05, 3.63) is 35.4 Å². The normalized spacial score (nSPS) is 15.5. The van der Waals surface area contributed by atoms with Crippen molar-refractivity contribution in [3.63, 3.8) is 0 Å². The molecule has 1 aromatic carbocycles. The first-order valence-corrected chi connectivity index (χ1v) is 3.54. The van der Waals surface area contributed by atoms with E-state index in [1.165, 1.54) is 0 Å². The van der Waals surface area contributed by atoms with Crippen LogP contribution in [0.2, 0.25) is 0 Å². The Hall–Kier alpha value is -1.31. The van der Waals surface area contributed by atoms with Crippen LogP contribution in [0.5, 0.6) is 0 Å². The summed E-state index contributed by atoms with van der Waals surface area (Å²) in [5.41, 5.74) is 1.73. The standard InChI is InChI=1S/C9H7O2/c10-9-8-4-2-1-3-7(8)5-6-11-9/h1,3-4H,5-6H2. The summed E-state index contributed by atoms with van der Waals surface area (Å²) >= 11 is 0. The maximum absolute atomic E-state index is 11.0. The number of carbonyl (C=O) groups is 1. The second-order valence-electron chi connectivity index (χ2n) is 2.47. The lowest BCUT2D eigenvalue weighted by Crippen LogP contribution is -2.16. The number of hydrogen-bond acceptors (Lipinski definition) is 2. The summed E-state index contributed by atoms with van der Waals surface area (Å²) < 4.78 is 4.85. The highest BCUT2D eigenvalue weighted by atomic mass is 16.5. The van der Waals surface area contributed by atoms with E-state index in [0.717, 1.165) is 12.0 Å². The molecule has 55 valence electrons. The van der Waals surface area contributed by atoms with Gasteiger partial charge >= 0.3 is 5.97 Å². The highest BCUT2D eigenvalue weighted by Gasteiger charge is 2.16. The summed E-state index contributed by atoms with van der Waals surface area (Å²) in [6.45, 7) is 0.510. The first-order valence-electron chi connectivity index (χ1n) is 3.54. The molecule has 1 radical (unpaired) electrons. The minimum atomic E-state index is -0.219. The number of carbonyl (C=O) groups excluding carboxylic acids is 1. The minimum Gasteiger partial charge on any atom is -0.462 e. The number of rotatable bonds is 0. The molecule has 2 heteroatoms. The predicted octanol–water partition coefficient (Wildman–Crippen LogP) is 1.20. The molecule has 0 saturated heterocycles. The Morgan fingerprint density at radius 2 is 2.45 bits per heavy atom. The molecule has 2 rings (SSSR count). The van der Waals surface area contributed by atoms with E-state index in [-0.39, 0.29) is 5.97 Å². The van der Waals surface area contributed by atoms with Crippen LogP contribution in [0.25, 0.3) is 0 Å². The Labute approximate surface area is 64.8 Å². The molecule has 2 nitrogen and oxygen atoms in total. The van der Waals surface area contributed by atoms with Crippen molar-refractivity contribution in [3.8, 4) is 0 Å². The van der Waals surface area contributed by atoms with Crippen LogP contribution in [0.4, 0.5) is 0 Å². The molecule has 1 heterocycles. The Balaban J connectivity index is 2.52. The molecule has 0 saturated carbocycles. The van der Waals surface area contributed by atoms with Gasteiger partial charge in [-0.05, 0) is 17.7 Å². The molecule has 11 heavy (non-hydrogen) atoms. The van der Waals surface area contributed by atoms with Gasteiger partial charge in [-0.25, -0.2) is 4.79 Å². The third-order valence-corrected chi connectivity index (χ3v) is 1.78. The van der Waals surface area contributed by atoms with E-state index in [9.17, 15) is 4.79 Å². The third-order valence-electron chi connectivity index (χ3n) is 1.78. The zero-order valence-electron chi connectivity index (χ0n) is 5.96. The summed E-state index contributed by atoms with van der Waals surface area (Å²) in [6, 6.07) is 8.26. The Morgan fingerprint density at radius 1 is 1.55 bits per heavy atom. The van der Waals surface area contributed by atoms with E-state index in [1.54, 1.807) is 6.07 Å². The van der Waals surface area contributed by atoms with Crippen molar-refractivity contribution in [2.45, 2.75) is 6.42 Å². The molecule has 0 spiro atoms. The molecule has 1 aliphatic rings. The number of benzene rings is 1. The van der Waals surface area contributed by atoms with E-state index in [2.05, 4.69) is 6.07 Å². The summed E-state index contributed by atoms with van der Waals surface area (Å²) in [4.78, 5) is 11.0. The molecular weight excluding hydrogens is 140 g/mol. The molecule has 0 fully saturated rings. The van der Waals surface area contributed by atoms with E-state index in [4.69, 9.17) is 4.74 Å². The van der Waals surface area contributed by atoms with Crippen LogP contribution in [0, 0.1) is 6.07 Å². The quantitative estimate of drug-likeness (QED) is 0.515. The number of fused-ring (bicyclic) bond motifs is 1. The van der Waals surface area contributed by atoms with Gasteiger partial charge in [0, 0.05) is 6.42 Å². The van der Waals surface area contributed by atoms with E-state index in [1.807, 2.05) is 12.1 Å². The third kappa shape index (κ3) is 1.00. The lowest BCUT2D eigenvalue weighted by Gasteiger charge is -2.14. The molecule has 0 bridgehead atoms. The Bertz CT molecular complexity index is 291. The zero-order valence-corrected chi connectivity index (χ0v) is 5.96. The second kappa shape index (κ2) is 2.38. The second-order valence-corrected chi connectivity index (χ2v) is 2.47. The molecule has 0 N–H and O–H groups in total. The van der Waals surface area contributed by atoms with Gasteiger partial charge in [-0.15, -0.1) is 0 Å². The number of cyclic esters (lactones) is 1. The lowest BCUT2D eigenvalue weighted by atomic mass is 10.0. The van der Waals surface area contributed by atoms with Gasteiger partial charge in [0.15, 0.2) is 0 Å². The van der Waals surface area contributed by atoms with Crippen molar-refractivity contribution in [2.75, 3.05) is 6.61 Å². The first-order chi connectivity index (χ1) is 5.38. The van der Waals surface area contributed by atoms with Gasteiger partial charge in [-0.3, -0.25) is 0 Å². The maximum atomic E-state index is 11.0. The van der Waals surface area contributed by atoms with E-state index >= 15 is 0 Å². The van der Waals surface area contributed by atoms with Crippen molar-refractivity contribution in [2.24, 2.45) is 0 Å². The van der Waals surface area contributed by atoms with Crippen LogP contribution in [-0.4, -0.2) is 12.6 Å². The molecule has 1 aromatic rings. The number of ether oxygens (including phenoxy) is 1. The lowest BCUT2D eigenvalue weighted by molar-refractivity contribution is 0.0480. The van der Waals surface area contributed by atoms with Gasteiger partial charge in [0.1, 0.15) is 0 Å². The SMILES string of the molecule is O=C1OCCc2cc[c]cc21. The molecule has 1 aliphatic heterocycles. The number of esters is 1. The predicted molar refractivity (Wildman–Crippen MR) is 39.3 cm³/mol. The molecular formula is C9H7O2. The van der Waals surface area contributed by atoms with Crippen molar-refractivity contribution >= 4 is 5.97 Å². The molecule has 0 aliphatic carbocycles. The van der Waals surface area contributed by atoms with Gasteiger partial charge in [0.05, 0.1) is 12.2 Å². The maximum Gasteiger partial charge on any atom is 0.338 e. The fraction of sp³-hybridized carbons (Fsp3) is 0.222. The summed E-state index contributed by atoms with van der Waals surface area (Å²) in [5.74, 6) is -0.219. The van der Waals surface area contributed by atoms with Crippen LogP contribution in [-0.2, 0) is 11.2 Å². The van der Waals surface area contributed by atoms with Gasteiger partial charge in [0.25, 0.3) is 0 Å². The summed E-state index contributed by atoms with van der Waals surface area (Å²) in [5, 5.41) is 0. The smallest absolute Gasteiger partial charge is 0.338 e. The van der Waals surface area contributed by atoms with Crippen LogP contribution >= 0.6 is 0 Å². The van der Waals surface area contributed by atoms with Crippen molar-refractivity contribution in [1.29, 1.82) is 0 Å². The number of hydrogen-bond donors (Lipinski definition) is 0. The van der Waals surface area contributed by atoms with Crippen LogP contribution in [0.15, 0.2) is 18.2 Å². The fourth-order valence-electron chi connectivity index (χ4n) is 1.20. The highest BCUT2D eigenvalue weighted by molar-refractivity contribution is 5.91. The average Bonchev–Trinajstić information content (AvgIpc) is 2.06. The molecule has 0 amide bonds. The van der Waals surface area contributed by atoms with Crippen LogP contribution in [0.1, 0.15) is 15.9 Å². The van der Waals surface area contributed by atoms with Gasteiger partial charge < -0.3 is 4.74 Å². The fourth-order valence-corrected chi connectivity index (χ4v) is 1.20. The molecule has 0 aromatic heterocycles. The zero-order chi connectivity index (χ0) is 7.68. The van der Waals surface area contributed by atoms with Gasteiger partial charge in [0.2, 0.25) is 0 Å². The minimum absolute atomic E-state index is 0.219. The van der Waals surface area contributed by atoms with Gasteiger partial charge in [-0.1, -0.05) is 12.1 Å². The van der Waals surface area contributed by atoms with Crippen molar-refractivity contribution in [1.82, 2.24) is 0 Å².